The maximum absolute atomic E-state index is 10.7. The lowest BCUT2D eigenvalue weighted by Crippen LogP contribution is -2.09. The summed E-state index contributed by atoms with van der Waals surface area (Å²) < 4.78 is 9.31. The third-order valence-electron chi connectivity index (χ3n) is 5.33. The molecule has 0 amide bonds. The van der Waals surface area contributed by atoms with Gasteiger partial charge in [0.25, 0.3) is 0 Å². The Morgan fingerprint density at radius 2 is 2.00 bits per heavy atom. The second-order valence-corrected chi connectivity index (χ2v) is 8.39. The number of phenols is 1. The number of anilines is 1. The number of aliphatic hydroxyl groups excluding tert-OH is 1. The molecule has 3 heterocycles. The highest BCUT2D eigenvalue weighted by Gasteiger charge is 2.25. The molecule has 0 saturated heterocycles. The zero-order chi connectivity index (χ0) is 22.2. The van der Waals surface area contributed by atoms with Crippen LogP contribution in [-0.2, 0) is 0 Å². The van der Waals surface area contributed by atoms with E-state index in [2.05, 4.69) is 21.3 Å². The van der Waals surface area contributed by atoms with Crippen molar-refractivity contribution in [3.63, 3.8) is 0 Å². The van der Waals surface area contributed by atoms with Crippen LogP contribution in [0.1, 0.15) is 22.4 Å². The number of hydrogen-bond donors (Lipinski definition) is 4. The summed E-state index contributed by atoms with van der Waals surface area (Å²) in [7, 11) is 0. The fourth-order valence-corrected chi connectivity index (χ4v) is 4.23. The van der Waals surface area contributed by atoms with E-state index in [9.17, 15) is 10.2 Å². The molecule has 0 saturated carbocycles. The van der Waals surface area contributed by atoms with Gasteiger partial charge in [0.15, 0.2) is 11.5 Å². The smallest absolute Gasteiger partial charge is 0.176 e. The normalized spacial score (nSPS) is 14.9. The van der Waals surface area contributed by atoms with Crippen LogP contribution in [0.3, 0.4) is 0 Å². The summed E-state index contributed by atoms with van der Waals surface area (Å²) in [4.78, 5) is 7.77. The van der Waals surface area contributed by atoms with Crippen LogP contribution < -0.4 is 9.46 Å². The number of benzene rings is 2. The Morgan fingerprint density at radius 1 is 1.12 bits per heavy atom. The summed E-state index contributed by atoms with van der Waals surface area (Å²) in [6.45, 7) is 6.58. The van der Waals surface area contributed by atoms with Crippen molar-refractivity contribution in [2.75, 3.05) is 11.3 Å². The standard InChI is InChI=1S/C25H21N3O3S/c1-14-12-16(5-8-21(14)29)25-24(30)15(2)18-13-17(6-9-22(18)31-25)28-32-23-10-7-20(27-23)19-4-3-11-26-19/h3-10,12-13,27-30H,2,11H2,1H3. The van der Waals surface area contributed by atoms with Crippen molar-refractivity contribution < 1.29 is 14.9 Å². The lowest BCUT2D eigenvalue weighted by atomic mass is 9.98. The fourth-order valence-electron chi connectivity index (χ4n) is 3.57. The predicted octanol–water partition coefficient (Wildman–Crippen LogP) is 5.84. The molecule has 2 aromatic carbocycles. The molecule has 1 aromatic heterocycles. The molecule has 3 aromatic rings. The number of aryl methyl sites for hydroxylation is 1. The van der Waals surface area contributed by atoms with Gasteiger partial charge >= 0.3 is 0 Å². The van der Waals surface area contributed by atoms with Crippen molar-refractivity contribution in [2.45, 2.75) is 11.9 Å². The van der Waals surface area contributed by atoms with E-state index in [-0.39, 0.29) is 11.5 Å². The average Bonchev–Trinajstić information content (AvgIpc) is 3.49. The van der Waals surface area contributed by atoms with Gasteiger partial charge in [-0.25, -0.2) is 0 Å². The SMILES string of the molecule is C=C1C(O)=C(c2ccc(O)c(C)c2)Oc2ccc(NSc3ccc(C4=NCC=C4)[nH]3)cc21. The second-order valence-electron chi connectivity index (χ2n) is 7.54. The third kappa shape index (κ3) is 3.67. The number of nitrogens with one attached hydrogen (secondary N) is 2. The van der Waals surface area contributed by atoms with E-state index in [1.807, 2.05) is 42.5 Å². The van der Waals surface area contributed by atoms with Gasteiger partial charge in [-0.3, -0.25) is 4.99 Å². The van der Waals surface area contributed by atoms with E-state index in [0.717, 1.165) is 28.7 Å². The van der Waals surface area contributed by atoms with Crippen LogP contribution in [0, 0.1) is 6.92 Å². The molecule has 0 bridgehead atoms. The van der Waals surface area contributed by atoms with E-state index in [4.69, 9.17) is 4.74 Å². The van der Waals surface area contributed by atoms with Gasteiger partial charge in [-0.05, 0) is 67.1 Å². The van der Waals surface area contributed by atoms with Crippen molar-refractivity contribution in [3.05, 3.63) is 95.4 Å². The zero-order valence-electron chi connectivity index (χ0n) is 17.3. The Bertz CT molecular complexity index is 1330. The van der Waals surface area contributed by atoms with E-state index in [1.54, 1.807) is 25.1 Å². The van der Waals surface area contributed by atoms with E-state index in [1.165, 1.54) is 11.9 Å². The molecule has 0 aliphatic carbocycles. The summed E-state index contributed by atoms with van der Waals surface area (Å²) >= 11 is 1.45. The van der Waals surface area contributed by atoms with Crippen molar-refractivity contribution in [1.29, 1.82) is 0 Å². The van der Waals surface area contributed by atoms with Gasteiger partial charge in [0.2, 0.25) is 0 Å². The molecule has 5 rings (SSSR count). The minimum absolute atomic E-state index is 0.0215. The van der Waals surface area contributed by atoms with E-state index in [0.29, 0.717) is 33.8 Å². The summed E-state index contributed by atoms with van der Waals surface area (Å²) in [6, 6.07) is 14.7. The number of aromatic hydroxyl groups is 1. The molecule has 4 N–H and O–H groups in total. The number of aliphatic imine (C=N–C) groups is 1. The van der Waals surface area contributed by atoms with Gasteiger partial charge in [-0.1, -0.05) is 12.7 Å². The van der Waals surface area contributed by atoms with Crippen LogP contribution in [0.25, 0.3) is 11.3 Å². The molecule has 2 aliphatic heterocycles. The number of aromatic nitrogens is 1. The number of rotatable bonds is 5. The summed E-state index contributed by atoms with van der Waals surface area (Å²) in [5, 5.41) is 21.5. The van der Waals surface area contributed by atoms with Gasteiger partial charge < -0.3 is 24.7 Å². The molecule has 32 heavy (non-hydrogen) atoms. The van der Waals surface area contributed by atoms with Gasteiger partial charge in [0.1, 0.15) is 11.5 Å². The minimum Gasteiger partial charge on any atom is -0.508 e. The van der Waals surface area contributed by atoms with Crippen molar-refractivity contribution in [2.24, 2.45) is 4.99 Å². The number of aliphatic hydroxyl groups is 1. The first-order chi connectivity index (χ1) is 15.5. The van der Waals surface area contributed by atoms with E-state index < -0.39 is 0 Å². The summed E-state index contributed by atoms with van der Waals surface area (Å²) in [6.07, 6.45) is 4.04. The molecule has 2 aliphatic rings. The Morgan fingerprint density at radius 3 is 2.78 bits per heavy atom. The average molecular weight is 444 g/mol. The third-order valence-corrected chi connectivity index (χ3v) is 6.13. The number of allylic oxidation sites excluding steroid dienone is 2. The lowest BCUT2D eigenvalue weighted by molar-refractivity contribution is 0.398. The first-order valence-corrected chi connectivity index (χ1v) is 10.9. The number of nitrogens with zero attached hydrogens (tertiary/aromatic N) is 1. The molecule has 6 nitrogen and oxygen atoms in total. The molecule has 0 radical (unpaired) electrons. The van der Waals surface area contributed by atoms with Crippen molar-refractivity contribution in [1.82, 2.24) is 4.98 Å². The Kier molecular flexibility index (Phi) is 5.03. The van der Waals surface area contributed by atoms with Crippen LogP contribution in [0.4, 0.5) is 5.69 Å². The Hall–Kier alpha value is -3.84. The maximum atomic E-state index is 10.7. The number of hydrogen-bond acceptors (Lipinski definition) is 6. The number of aromatic amines is 1. The minimum atomic E-state index is -0.0215. The zero-order valence-corrected chi connectivity index (χ0v) is 18.2. The predicted molar refractivity (Wildman–Crippen MR) is 129 cm³/mol. The van der Waals surface area contributed by atoms with Crippen LogP contribution >= 0.6 is 11.9 Å². The molecule has 0 spiro atoms. The highest BCUT2D eigenvalue weighted by Crippen LogP contribution is 2.42. The van der Waals surface area contributed by atoms with E-state index >= 15 is 0 Å². The molecular formula is C25H21N3O3S. The second kappa shape index (κ2) is 8.01. The lowest BCUT2D eigenvalue weighted by Gasteiger charge is -2.23. The Balaban J connectivity index is 1.34. The van der Waals surface area contributed by atoms with Gasteiger partial charge in [-0.2, -0.15) is 0 Å². The van der Waals surface area contributed by atoms with Crippen molar-refractivity contribution >= 4 is 34.7 Å². The highest BCUT2D eigenvalue weighted by molar-refractivity contribution is 8.00. The van der Waals surface area contributed by atoms with Gasteiger partial charge in [0, 0.05) is 34.3 Å². The van der Waals surface area contributed by atoms with Crippen LogP contribution in [0.15, 0.2) is 83.0 Å². The number of phenolic OH excluding ortho intramolecular Hbond substituents is 1. The summed E-state index contributed by atoms with van der Waals surface area (Å²) in [5.41, 5.74) is 5.36. The number of fused-ring (bicyclic) bond motifs is 1. The topological polar surface area (TPSA) is 89.9 Å². The molecule has 0 atom stereocenters. The maximum Gasteiger partial charge on any atom is 0.176 e. The van der Waals surface area contributed by atoms with Crippen molar-refractivity contribution in [3.8, 4) is 11.5 Å². The van der Waals surface area contributed by atoms with Crippen LogP contribution in [0.2, 0.25) is 0 Å². The molecule has 160 valence electrons. The Labute approximate surface area is 189 Å². The van der Waals surface area contributed by atoms with Gasteiger partial charge in [0.05, 0.1) is 23.0 Å². The quantitative estimate of drug-likeness (QED) is 0.372. The van der Waals surface area contributed by atoms with Crippen LogP contribution in [0.5, 0.6) is 11.5 Å². The molecule has 0 fully saturated rings. The van der Waals surface area contributed by atoms with Crippen LogP contribution in [-0.4, -0.2) is 27.5 Å². The first-order valence-electron chi connectivity index (χ1n) is 10.1. The summed E-state index contributed by atoms with van der Waals surface area (Å²) in [5.74, 6) is 1.10. The highest BCUT2D eigenvalue weighted by atomic mass is 32.2. The molecule has 0 unspecified atom stereocenters. The first kappa shape index (κ1) is 20.1. The fraction of sp³-hybridized carbons (Fsp3) is 0.0800. The number of H-pyrrole nitrogens is 1. The molecular weight excluding hydrogens is 422 g/mol. The van der Waals surface area contributed by atoms with Gasteiger partial charge in [-0.15, -0.1) is 0 Å². The largest absolute Gasteiger partial charge is 0.508 e. The molecule has 7 heteroatoms. The number of ether oxygens (including phenoxy) is 1. The monoisotopic (exact) mass is 443 g/mol.